The number of benzene rings is 1. The number of rotatable bonds is 2. The van der Waals surface area contributed by atoms with E-state index in [9.17, 15) is 0 Å². The molecule has 16 heavy (non-hydrogen) atoms. The Labute approximate surface area is 95.7 Å². The molecule has 0 bridgehead atoms. The average molecular weight is 215 g/mol. The third-order valence-electron chi connectivity index (χ3n) is 2.76. The average Bonchev–Trinajstić information content (AvgIpc) is 2.27. The number of pyridine rings is 1. The lowest BCUT2D eigenvalue weighted by Gasteiger charge is -2.12. The lowest BCUT2D eigenvalue weighted by atomic mass is 10.0. The molecular weight excluding hydrogens is 198 g/mol. The first kappa shape index (κ1) is 10.9. The lowest BCUT2D eigenvalue weighted by Crippen LogP contribution is -2.11. The summed E-state index contributed by atoms with van der Waals surface area (Å²) >= 11 is 0. The van der Waals surface area contributed by atoms with Crippen LogP contribution in [0.4, 0.5) is 5.82 Å². The lowest BCUT2D eigenvalue weighted by molar-refractivity contribution is 0.862. The molecule has 0 saturated carbocycles. The maximum atomic E-state index is 5.50. The van der Waals surface area contributed by atoms with Crippen molar-refractivity contribution < 1.29 is 0 Å². The second-order valence-electron chi connectivity index (χ2n) is 4.42. The van der Waals surface area contributed by atoms with E-state index >= 15 is 0 Å². The molecule has 0 radical (unpaired) electrons. The van der Waals surface area contributed by atoms with Gasteiger partial charge in [-0.05, 0) is 36.6 Å². The highest BCUT2D eigenvalue weighted by Gasteiger charge is 2.09. The van der Waals surface area contributed by atoms with Crippen LogP contribution in [0, 0.1) is 6.92 Å². The molecule has 1 aromatic carbocycles. The fraction of sp³-hybridized carbons (Fsp3) is 0.308. The SMILES string of the molecule is Cc1ccc2nc(NN)c(C(C)C)cc2c1. The van der Waals surface area contributed by atoms with Crippen molar-refractivity contribution >= 4 is 16.7 Å². The monoisotopic (exact) mass is 215 g/mol. The topological polar surface area (TPSA) is 50.9 Å². The molecule has 0 fully saturated rings. The van der Waals surface area contributed by atoms with Crippen LogP contribution in [0.1, 0.15) is 30.9 Å². The molecule has 0 unspecified atom stereocenters. The van der Waals surface area contributed by atoms with Crippen molar-refractivity contribution in [1.29, 1.82) is 0 Å². The van der Waals surface area contributed by atoms with E-state index in [1.54, 1.807) is 0 Å². The fourth-order valence-corrected chi connectivity index (χ4v) is 1.87. The van der Waals surface area contributed by atoms with E-state index in [-0.39, 0.29) is 0 Å². The Balaban J connectivity index is 2.70. The number of hydrogen-bond acceptors (Lipinski definition) is 3. The number of anilines is 1. The highest BCUT2D eigenvalue weighted by atomic mass is 15.2. The van der Waals surface area contributed by atoms with Crippen molar-refractivity contribution in [3.63, 3.8) is 0 Å². The van der Waals surface area contributed by atoms with Crippen LogP contribution in [0.25, 0.3) is 10.9 Å². The van der Waals surface area contributed by atoms with Gasteiger partial charge in [-0.2, -0.15) is 0 Å². The number of aromatic nitrogens is 1. The molecule has 3 nitrogen and oxygen atoms in total. The molecule has 0 saturated heterocycles. The van der Waals surface area contributed by atoms with Gasteiger partial charge < -0.3 is 5.43 Å². The van der Waals surface area contributed by atoms with Crippen molar-refractivity contribution in [3.05, 3.63) is 35.4 Å². The molecule has 3 N–H and O–H groups in total. The Hall–Kier alpha value is -1.61. The van der Waals surface area contributed by atoms with Crippen LogP contribution in [-0.4, -0.2) is 4.98 Å². The minimum absolute atomic E-state index is 0.406. The third-order valence-corrected chi connectivity index (χ3v) is 2.76. The number of fused-ring (bicyclic) bond motifs is 1. The van der Waals surface area contributed by atoms with Crippen LogP contribution >= 0.6 is 0 Å². The molecule has 0 aliphatic rings. The van der Waals surface area contributed by atoms with E-state index in [2.05, 4.69) is 49.4 Å². The van der Waals surface area contributed by atoms with Gasteiger partial charge >= 0.3 is 0 Å². The number of aryl methyl sites for hydroxylation is 1. The van der Waals surface area contributed by atoms with E-state index in [4.69, 9.17) is 5.84 Å². The minimum atomic E-state index is 0.406. The summed E-state index contributed by atoms with van der Waals surface area (Å²) < 4.78 is 0. The number of hydrogen-bond donors (Lipinski definition) is 2. The minimum Gasteiger partial charge on any atom is -0.308 e. The number of nitrogen functional groups attached to an aromatic ring is 1. The van der Waals surface area contributed by atoms with Crippen molar-refractivity contribution in [2.45, 2.75) is 26.7 Å². The standard InChI is InChI=1S/C13H17N3/c1-8(2)11-7-10-6-9(3)4-5-12(10)15-13(11)16-14/h4-8H,14H2,1-3H3,(H,15,16). The summed E-state index contributed by atoms with van der Waals surface area (Å²) in [4.78, 5) is 4.52. The van der Waals surface area contributed by atoms with Gasteiger partial charge in [-0.1, -0.05) is 25.5 Å². The number of hydrazine groups is 1. The summed E-state index contributed by atoms with van der Waals surface area (Å²) in [7, 11) is 0. The van der Waals surface area contributed by atoms with Gasteiger partial charge in [0.1, 0.15) is 5.82 Å². The highest BCUT2D eigenvalue weighted by molar-refractivity contribution is 5.82. The molecule has 0 aliphatic carbocycles. The van der Waals surface area contributed by atoms with Gasteiger partial charge in [0.05, 0.1) is 5.52 Å². The van der Waals surface area contributed by atoms with Gasteiger partial charge in [-0.3, -0.25) is 0 Å². The number of nitrogens with zero attached hydrogens (tertiary/aromatic N) is 1. The first-order chi connectivity index (χ1) is 7.61. The number of nitrogens with two attached hydrogens (primary N) is 1. The van der Waals surface area contributed by atoms with Crippen molar-refractivity contribution in [2.75, 3.05) is 5.43 Å². The number of nitrogens with one attached hydrogen (secondary N) is 1. The molecule has 3 heteroatoms. The van der Waals surface area contributed by atoms with Crippen LogP contribution in [-0.2, 0) is 0 Å². The Bertz CT molecular complexity index is 518. The predicted octanol–water partition coefficient (Wildman–Crippen LogP) is 2.95. The summed E-state index contributed by atoms with van der Waals surface area (Å²) in [5, 5.41) is 1.17. The molecule has 2 aromatic rings. The first-order valence-electron chi connectivity index (χ1n) is 5.49. The Morgan fingerprint density at radius 1 is 1.25 bits per heavy atom. The normalized spacial score (nSPS) is 11.1. The second-order valence-corrected chi connectivity index (χ2v) is 4.42. The summed E-state index contributed by atoms with van der Waals surface area (Å²) in [5.41, 5.74) is 6.05. The van der Waals surface area contributed by atoms with Gasteiger partial charge in [-0.15, -0.1) is 0 Å². The summed E-state index contributed by atoms with van der Waals surface area (Å²) in [5.74, 6) is 6.67. The Kier molecular flexibility index (Phi) is 2.79. The smallest absolute Gasteiger partial charge is 0.144 e. The summed E-state index contributed by atoms with van der Waals surface area (Å²) in [6.07, 6.45) is 0. The Morgan fingerprint density at radius 3 is 2.62 bits per heavy atom. The van der Waals surface area contributed by atoms with Crippen molar-refractivity contribution in [3.8, 4) is 0 Å². The van der Waals surface area contributed by atoms with E-state index in [0.29, 0.717) is 5.92 Å². The molecule has 0 aliphatic heterocycles. The van der Waals surface area contributed by atoms with Crippen LogP contribution < -0.4 is 11.3 Å². The molecule has 0 spiro atoms. The van der Waals surface area contributed by atoms with E-state index in [1.807, 2.05) is 6.07 Å². The molecule has 1 heterocycles. The zero-order chi connectivity index (χ0) is 11.7. The van der Waals surface area contributed by atoms with Crippen LogP contribution in [0.5, 0.6) is 0 Å². The quantitative estimate of drug-likeness (QED) is 0.598. The highest BCUT2D eigenvalue weighted by Crippen LogP contribution is 2.26. The van der Waals surface area contributed by atoms with Gasteiger partial charge in [0.2, 0.25) is 0 Å². The maximum absolute atomic E-state index is 5.50. The molecule has 2 rings (SSSR count). The van der Waals surface area contributed by atoms with Gasteiger partial charge in [-0.25, -0.2) is 10.8 Å². The Morgan fingerprint density at radius 2 is 2.00 bits per heavy atom. The molecule has 1 aromatic heterocycles. The van der Waals surface area contributed by atoms with E-state index in [0.717, 1.165) is 16.9 Å². The fourth-order valence-electron chi connectivity index (χ4n) is 1.87. The summed E-state index contributed by atoms with van der Waals surface area (Å²) in [6.45, 7) is 6.36. The maximum Gasteiger partial charge on any atom is 0.144 e. The zero-order valence-electron chi connectivity index (χ0n) is 9.91. The van der Waals surface area contributed by atoms with Crippen LogP contribution in [0.15, 0.2) is 24.3 Å². The zero-order valence-corrected chi connectivity index (χ0v) is 9.91. The van der Waals surface area contributed by atoms with Crippen molar-refractivity contribution in [1.82, 2.24) is 4.98 Å². The molecule has 84 valence electrons. The molecule has 0 amide bonds. The van der Waals surface area contributed by atoms with Crippen LogP contribution in [0.2, 0.25) is 0 Å². The van der Waals surface area contributed by atoms with E-state index in [1.165, 1.54) is 10.9 Å². The summed E-state index contributed by atoms with van der Waals surface area (Å²) in [6, 6.07) is 8.39. The third kappa shape index (κ3) is 1.86. The molecule has 0 atom stereocenters. The van der Waals surface area contributed by atoms with Gasteiger partial charge in [0.15, 0.2) is 0 Å². The second kappa shape index (κ2) is 4.10. The van der Waals surface area contributed by atoms with Crippen LogP contribution in [0.3, 0.4) is 0 Å². The molecular formula is C13H17N3. The van der Waals surface area contributed by atoms with Gasteiger partial charge in [0.25, 0.3) is 0 Å². The first-order valence-corrected chi connectivity index (χ1v) is 5.49. The van der Waals surface area contributed by atoms with Gasteiger partial charge in [0, 0.05) is 5.39 Å². The predicted molar refractivity (Wildman–Crippen MR) is 68.4 cm³/mol. The van der Waals surface area contributed by atoms with Crippen molar-refractivity contribution in [2.24, 2.45) is 5.84 Å². The largest absolute Gasteiger partial charge is 0.308 e. The van der Waals surface area contributed by atoms with E-state index < -0.39 is 0 Å².